The summed E-state index contributed by atoms with van der Waals surface area (Å²) in [5.74, 6) is 1.16. The number of rotatable bonds is 13. The molecule has 4 amide bonds. The predicted octanol–water partition coefficient (Wildman–Crippen LogP) is 6.39. The van der Waals surface area contributed by atoms with Crippen molar-refractivity contribution < 1.29 is 28.3 Å². The molecular weight excluding hydrogens is 890 g/mol. The van der Waals surface area contributed by atoms with Gasteiger partial charge < -0.3 is 30.5 Å². The van der Waals surface area contributed by atoms with Crippen molar-refractivity contribution >= 4 is 41.0 Å². The summed E-state index contributed by atoms with van der Waals surface area (Å²) in [6.45, 7) is 12.1. The van der Waals surface area contributed by atoms with Gasteiger partial charge in [-0.3, -0.25) is 29.4 Å². The summed E-state index contributed by atoms with van der Waals surface area (Å²) in [7, 11) is 3.31. The Bertz CT molecular complexity index is 2740. The summed E-state index contributed by atoms with van der Waals surface area (Å²) in [4.78, 5) is 64.6. The van der Waals surface area contributed by atoms with Crippen LogP contribution in [-0.2, 0) is 22.7 Å². The molecule has 0 unspecified atom stereocenters. The number of hydrogen-bond donors (Lipinski definition) is 3. The molecule has 2 aromatic heterocycles. The van der Waals surface area contributed by atoms with E-state index < -0.39 is 11.7 Å². The van der Waals surface area contributed by atoms with Gasteiger partial charge >= 0.3 is 0 Å². The van der Waals surface area contributed by atoms with E-state index in [-0.39, 0.29) is 29.8 Å². The van der Waals surface area contributed by atoms with Gasteiger partial charge in [-0.25, -0.2) is 19.0 Å². The highest BCUT2D eigenvalue weighted by Crippen LogP contribution is 2.31. The molecule has 0 aliphatic carbocycles. The molecule has 6 heterocycles. The van der Waals surface area contributed by atoms with E-state index in [1.807, 2.05) is 68.2 Å². The molecule has 4 aliphatic heterocycles. The van der Waals surface area contributed by atoms with E-state index in [1.165, 1.54) is 24.9 Å². The highest BCUT2D eigenvalue weighted by Gasteiger charge is 2.28. The molecule has 5 aromatic rings. The van der Waals surface area contributed by atoms with Crippen LogP contribution in [0.15, 0.2) is 96.3 Å². The van der Waals surface area contributed by atoms with Gasteiger partial charge in [0.05, 0.1) is 35.8 Å². The topological polar surface area (TPSA) is 184 Å². The number of piperazine rings is 1. The van der Waals surface area contributed by atoms with E-state index in [4.69, 9.17) is 20.6 Å². The van der Waals surface area contributed by atoms with Gasteiger partial charge in [-0.05, 0) is 98.2 Å². The zero-order valence-corrected chi connectivity index (χ0v) is 40.4. The summed E-state index contributed by atoms with van der Waals surface area (Å²) in [6, 6.07) is 22.0. The number of imide groups is 1. The lowest BCUT2D eigenvalue weighted by Gasteiger charge is -2.40. The van der Waals surface area contributed by atoms with Crippen LogP contribution in [0.4, 0.5) is 15.9 Å². The lowest BCUT2D eigenvalue weighted by atomic mass is 9.96. The number of nitrogens with one attached hydrogen (secondary N) is 2. The molecule has 3 aromatic carbocycles. The van der Waals surface area contributed by atoms with Gasteiger partial charge in [0.25, 0.3) is 11.8 Å². The van der Waals surface area contributed by atoms with E-state index in [1.54, 1.807) is 11.1 Å². The number of halogens is 1. The maximum atomic E-state index is 13.9. The first-order chi connectivity index (χ1) is 33.9. The van der Waals surface area contributed by atoms with Crippen molar-refractivity contribution in [1.29, 1.82) is 0 Å². The summed E-state index contributed by atoms with van der Waals surface area (Å²) in [5.41, 5.74) is 14.7. The Kier molecular flexibility index (Phi) is 15.7. The number of amidine groups is 1. The quantitative estimate of drug-likeness (QED) is 0.0676. The smallest absolute Gasteiger partial charge is 0.255 e. The van der Waals surface area contributed by atoms with E-state index in [0.29, 0.717) is 49.0 Å². The Morgan fingerprint density at radius 2 is 1.66 bits per heavy atom. The molecule has 4 aliphatic rings. The zero-order chi connectivity index (χ0) is 49.3. The first-order valence-electron chi connectivity index (χ1n) is 24.1. The molecule has 0 spiro atoms. The SMILES string of the molecule is CC/C=C/N=C(N)c1c(-c2ccc(CNC(=O)c3cc(F)ccc3OC)cc2)nn(-c2ccc(N3CCC(CN4CCN(c5ccc6c(c5)CN(C)C6=O)CC4)CC3)nc2)c1C.O=C1CCCC(=O)N1. The lowest BCUT2D eigenvalue weighted by Crippen LogP contribution is -2.49. The maximum Gasteiger partial charge on any atom is 0.255 e. The maximum absolute atomic E-state index is 13.9. The molecule has 0 radical (unpaired) electrons. The molecule has 17 heteroatoms. The second-order valence-corrected chi connectivity index (χ2v) is 18.2. The number of allylic oxidation sites excluding steroid dienone is 1. The molecule has 0 saturated carbocycles. The summed E-state index contributed by atoms with van der Waals surface area (Å²) < 4.78 is 21.0. The van der Waals surface area contributed by atoms with Crippen LogP contribution >= 0.6 is 0 Å². The third kappa shape index (κ3) is 11.5. The van der Waals surface area contributed by atoms with Crippen molar-refractivity contribution in [2.24, 2.45) is 16.6 Å². The van der Waals surface area contributed by atoms with Crippen molar-refractivity contribution in [1.82, 2.24) is 35.2 Å². The molecule has 70 heavy (non-hydrogen) atoms. The Balaban J connectivity index is 0.000000749. The normalized spacial score (nSPS) is 16.8. The standard InChI is InChI=1S/C48H55FN10O3.C5H7NO2/c1-5-6-19-51-46(50)44-32(2)59(54-45(44)35-9-7-33(8-10-35)28-53-47(60)41-27-37(49)11-15-42(41)62-4)39-13-16-43(52-29-39)58-20-17-34(18-21-58)30-56-22-24-57(25-23-56)38-12-14-40-36(26-38)31-55(3)48(40)61;7-4-2-1-3-5(8)6-4/h6-16,19,26-27,29,34H,5,17-18,20-25,28,30-31H2,1-4H3,(H2,50,51)(H,53,60);1-3H2,(H,6,7,8)/b19-6+;. The minimum Gasteiger partial charge on any atom is -0.496 e. The van der Waals surface area contributed by atoms with Crippen LogP contribution in [0.3, 0.4) is 0 Å². The highest BCUT2D eigenvalue weighted by atomic mass is 19.1. The number of aliphatic imine (C=N–C) groups is 1. The number of carbonyl (C=O) groups is 4. The summed E-state index contributed by atoms with van der Waals surface area (Å²) in [6.07, 6.45) is 10.3. The number of amides is 4. The van der Waals surface area contributed by atoms with Crippen LogP contribution in [-0.4, -0.2) is 114 Å². The monoisotopic (exact) mass is 951 g/mol. The van der Waals surface area contributed by atoms with Crippen LogP contribution in [0, 0.1) is 18.7 Å². The number of carbonyl (C=O) groups excluding carboxylic acids is 4. The van der Waals surface area contributed by atoms with Gasteiger partial charge in [0.2, 0.25) is 11.8 Å². The number of hydrogen-bond acceptors (Lipinski definition) is 11. The molecule has 0 atom stereocenters. The molecule has 366 valence electrons. The van der Waals surface area contributed by atoms with Crippen LogP contribution in [0.1, 0.15) is 88.5 Å². The Labute approximate surface area is 408 Å². The van der Waals surface area contributed by atoms with Crippen molar-refractivity contribution in [3.63, 3.8) is 0 Å². The minimum absolute atomic E-state index is 0.117. The van der Waals surface area contributed by atoms with Gasteiger partial charge in [0.1, 0.15) is 28.9 Å². The largest absolute Gasteiger partial charge is 0.496 e. The van der Waals surface area contributed by atoms with E-state index in [2.05, 4.69) is 54.6 Å². The third-order valence-corrected chi connectivity index (χ3v) is 13.3. The van der Waals surface area contributed by atoms with Crippen molar-refractivity contribution in [3.8, 4) is 22.7 Å². The Morgan fingerprint density at radius 1 is 0.929 bits per heavy atom. The first-order valence-corrected chi connectivity index (χ1v) is 24.1. The number of fused-ring (bicyclic) bond motifs is 1. The molecular formula is C53H62FN11O5. The summed E-state index contributed by atoms with van der Waals surface area (Å²) >= 11 is 0. The predicted molar refractivity (Wildman–Crippen MR) is 269 cm³/mol. The second-order valence-electron chi connectivity index (χ2n) is 18.2. The Hall–Kier alpha value is -7.40. The minimum atomic E-state index is -0.513. The molecule has 3 fully saturated rings. The van der Waals surface area contributed by atoms with Gasteiger partial charge in [-0.15, -0.1) is 0 Å². The number of pyridine rings is 1. The van der Waals surface area contributed by atoms with Gasteiger partial charge in [-0.2, -0.15) is 5.10 Å². The van der Waals surface area contributed by atoms with Gasteiger partial charge in [0.15, 0.2) is 0 Å². The number of ether oxygens (including phenoxy) is 1. The van der Waals surface area contributed by atoms with Crippen molar-refractivity contribution in [3.05, 3.63) is 131 Å². The van der Waals surface area contributed by atoms with Crippen molar-refractivity contribution in [2.45, 2.75) is 65.5 Å². The fourth-order valence-corrected chi connectivity index (χ4v) is 9.41. The second kappa shape index (κ2) is 22.4. The molecule has 3 saturated heterocycles. The number of aromatic nitrogens is 3. The van der Waals surface area contributed by atoms with Crippen LogP contribution < -0.4 is 30.9 Å². The highest BCUT2D eigenvalue weighted by molar-refractivity contribution is 6.04. The lowest BCUT2D eigenvalue weighted by molar-refractivity contribution is -0.133. The number of methoxy groups -OCH3 is 1. The van der Waals surface area contributed by atoms with Crippen molar-refractivity contribution in [2.75, 3.05) is 69.8 Å². The fourth-order valence-electron chi connectivity index (χ4n) is 9.41. The number of nitrogens with zero attached hydrogens (tertiary/aromatic N) is 8. The third-order valence-electron chi connectivity index (χ3n) is 13.3. The number of anilines is 2. The number of nitrogens with two attached hydrogens (primary N) is 1. The molecule has 0 bridgehead atoms. The first kappa shape index (κ1) is 49.0. The average molecular weight is 952 g/mol. The average Bonchev–Trinajstić information content (AvgIpc) is 3.87. The number of piperidine rings is 2. The van der Waals surface area contributed by atoms with Crippen LogP contribution in [0.5, 0.6) is 5.75 Å². The molecule has 4 N–H and O–H groups in total. The molecule has 16 nitrogen and oxygen atoms in total. The molecule has 9 rings (SSSR count). The van der Waals surface area contributed by atoms with E-state index >= 15 is 0 Å². The van der Waals surface area contributed by atoms with E-state index in [0.717, 1.165) is 116 Å². The fraction of sp³-hybridized carbons (Fsp3) is 0.377. The van der Waals surface area contributed by atoms with Gasteiger partial charge in [-0.1, -0.05) is 37.3 Å². The Morgan fingerprint density at radius 3 is 2.31 bits per heavy atom. The van der Waals surface area contributed by atoms with Crippen LogP contribution in [0.25, 0.3) is 16.9 Å². The summed E-state index contributed by atoms with van der Waals surface area (Å²) in [5, 5.41) is 10.1. The zero-order valence-electron chi connectivity index (χ0n) is 40.4. The van der Waals surface area contributed by atoms with E-state index in [9.17, 15) is 23.6 Å². The number of benzene rings is 3. The van der Waals surface area contributed by atoms with Crippen LogP contribution in [0.2, 0.25) is 0 Å². The van der Waals surface area contributed by atoms with Gasteiger partial charge in [0, 0.05) is 102 Å².